The molecule has 1 heterocycles. The molecule has 2 aromatic carbocycles. The zero-order valence-electron chi connectivity index (χ0n) is 14.2. The minimum atomic E-state index is -3.76. The van der Waals surface area contributed by atoms with E-state index in [1.165, 1.54) is 11.8 Å². The Kier molecular flexibility index (Phi) is 4.16. The molecule has 1 aliphatic rings. The van der Waals surface area contributed by atoms with Gasteiger partial charge in [0, 0.05) is 0 Å². The highest BCUT2D eigenvalue weighted by atomic mass is 32.2. The summed E-state index contributed by atoms with van der Waals surface area (Å²) in [5.41, 5.74) is 3.67. The first-order valence-electron chi connectivity index (χ1n) is 8.30. The highest BCUT2D eigenvalue weighted by Gasteiger charge is 2.22. The van der Waals surface area contributed by atoms with E-state index in [2.05, 4.69) is 9.88 Å². The van der Waals surface area contributed by atoms with Crippen molar-refractivity contribution in [2.45, 2.75) is 24.2 Å². The fraction of sp³-hybridized carbons (Fsp3) is 0.211. The van der Waals surface area contributed by atoms with Gasteiger partial charge in [-0.2, -0.15) is 0 Å². The van der Waals surface area contributed by atoms with Gasteiger partial charge in [0.1, 0.15) is 5.75 Å². The molecule has 26 heavy (non-hydrogen) atoms. The summed E-state index contributed by atoms with van der Waals surface area (Å²) in [7, 11) is -2.17. The molecule has 0 unspecified atom stereocenters. The van der Waals surface area contributed by atoms with Crippen LogP contribution in [0, 0.1) is 0 Å². The quantitative estimate of drug-likeness (QED) is 0.741. The topological polar surface area (TPSA) is 81.4 Å². The first-order valence-corrected chi connectivity index (χ1v) is 9.79. The number of nitrogens with one attached hydrogen (secondary N) is 1. The predicted molar refractivity (Wildman–Crippen MR) is 97.8 cm³/mol. The highest BCUT2D eigenvalue weighted by molar-refractivity contribution is 7.92. The van der Waals surface area contributed by atoms with Crippen LogP contribution in [0.5, 0.6) is 5.75 Å². The van der Waals surface area contributed by atoms with Gasteiger partial charge < -0.3 is 9.26 Å². The van der Waals surface area contributed by atoms with E-state index < -0.39 is 10.0 Å². The van der Waals surface area contributed by atoms with Crippen molar-refractivity contribution in [2.75, 3.05) is 11.8 Å². The molecule has 6 nitrogen and oxygen atoms in total. The molecule has 1 aliphatic carbocycles. The Labute approximate surface area is 151 Å². The number of nitrogens with zero attached hydrogens (tertiary/aromatic N) is 1. The van der Waals surface area contributed by atoms with E-state index >= 15 is 0 Å². The van der Waals surface area contributed by atoms with E-state index in [9.17, 15) is 8.42 Å². The molecule has 7 heteroatoms. The van der Waals surface area contributed by atoms with Crippen molar-refractivity contribution in [3.05, 3.63) is 59.8 Å². The molecule has 0 aliphatic heterocycles. The summed E-state index contributed by atoms with van der Waals surface area (Å²) in [6.45, 7) is 0. The number of ether oxygens (including phenoxy) is 1. The van der Waals surface area contributed by atoms with Gasteiger partial charge in [-0.15, -0.1) is 0 Å². The maximum atomic E-state index is 12.8. The minimum absolute atomic E-state index is 0.0932. The Morgan fingerprint density at radius 3 is 2.62 bits per heavy atom. The van der Waals surface area contributed by atoms with Crippen molar-refractivity contribution in [1.29, 1.82) is 0 Å². The van der Waals surface area contributed by atoms with Crippen LogP contribution in [0.1, 0.15) is 17.5 Å². The van der Waals surface area contributed by atoms with Crippen LogP contribution in [0.25, 0.3) is 11.1 Å². The fourth-order valence-corrected chi connectivity index (χ4v) is 4.24. The van der Waals surface area contributed by atoms with Gasteiger partial charge in [-0.1, -0.05) is 23.4 Å². The van der Waals surface area contributed by atoms with Gasteiger partial charge >= 0.3 is 0 Å². The molecular formula is C19H18N2O4S. The van der Waals surface area contributed by atoms with Gasteiger partial charge in [-0.3, -0.25) is 0 Å². The van der Waals surface area contributed by atoms with E-state index in [1.54, 1.807) is 31.4 Å². The van der Waals surface area contributed by atoms with Crippen molar-refractivity contribution < 1.29 is 17.7 Å². The number of hydrogen-bond donors (Lipinski definition) is 1. The summed E-state index contributed by atoms with van der Waals surface area (Å²) >= 11 is 0. The minimum Gasteiger partial charge on any atom is -0.497 e. The molecule has 134 valence electrons. The van der Waals surface area contributed by atoms with Gasteiger partial charge in [0.15, 0.2) is 0 Å². The second-order valence-corrected chi connectivity index (χ2v) is 7.87. The lowest BCUT2D eigenvalue weighted by molar-refractivity contribution is 0.415. The first kappa shape index (κ1) is 16.7. The summed E-state index contributed by atoms with van der Waals surface area (Å²) in [6, 6.07) is 12.5. The average molecular weight is 370 g/mol. The van der Waals surface area contributed by atoms with E-state index in [0.717, 1.165) is 30.4 Å². The van der Waals surface area contributed by atoms with E-state index in [1.807, 2.05) is 18.2 Å². The van der Waals surface area contributed by atoms with Crippen molar-refractivity contribution in [3.63, 3.8) is 0 Å². The maximum absolute atomic E-state index is 12.8. The molecule has 0 spiro atoms. The lowest BCUT2D eigenvalue weighted by Crippen LogP contribution is -2.13. The zero-order valence-corrected chi connectivity index (χ0v) is 15.0. The summed E-state index contributed by atoms with van der Waals surface area (Å²) < 4.78 is 38.3. The second kappa shape index (κ2) is 6.49. The molecule has 1 aromatic heterocycles. The number of hydrogen-bond acceptors (Lipinski definition) is 5. The third-order valence-electron chi connectivity index (χ3n) is 4.58. The van der Waals surface area contributed by atoms with Crippen LogP contribution in [0.3, 0.4) is 0 Å². The molecule has 0 amide bonds. The summed E-state index contributed by atoms with van der Waals surface area (Å²) in [5, 5.41) is 3.74. The number of methoxy groups -OCH3 is 1. The predicted octanol–water partition coefficient (Wildman–Crippen LogP) is 3.64. The number of rotatable bonds is 5. The number of anilines is 1. The van der Waals surface area contributed by atoms with E-state index in [4.69, 9.17) is 9.26 Å². The number of aromatic nitrogens is 1. The van der Waals surface area contributed by atoms with Crippen LogP contribution in [0.4, 0.5) is 5.88 Å². The monoisotopic (exact) mass is 370 g/mol. The number of sulfonamides is 1. The van der Waals surface area contributed by atoms with Crippen molar-refractivity contribution in [2.24, 2.45) is 0 Å². The Morgan fingerprint density at radius 2 is 1.85 bits per heavy atom. The first-order chi connectivity index (χ1) is 12.6. The van der Waals surface area contributed by atoms with Crippen molar-refractivity contribution in [1.82, 2.24) is 5.16 Å². The zero-order chi connectivity index (χ0) is 18.1. The summed E-state index contributed by atoms with van der Waals surface area (Å²) in [4.78, 5) is 0.232. The normalized spacial score (nSPS) is 13.4. The van der Waals surface area contributed by atoms with Gasteiger partial charge in [0.2, 0.25) is 5.88 Å². The van der Waals surface area contributed by atoms with Crippen molar-refractivity contribution in [3.8, 4) is 16.9 Å². The van der Waals surface area contributed by atoms with Gasteiger partial charge in [-0.05, 0) is 60.2 Å². The molecular weight excluding hydrogens is 352 g/mol. The van der Waals surface area contributed by atoms with Crippen LogP contribution in [0.15, 0.2) is 58.1 Å². The lowest BCUT2D eigenvalue weighted by atomic mass is 10.1. The number of aryl methyl sites for hydroxylation is 2. The Hall–Kier alpha value is -2.80. The fourth-order valence-electron chi connectivity index (χ4n) is 3.19. The van der Waals surface area contributed by atoms with Crippen LogP contribution in [-0.4, -0.2) is 20.7 Å². The van der Waals surface area contributed by atoms with Crippen LogP contribution in [-0.2, 0) is 22.9 Å². The molecule has 1 N–H and O–H groups in total. The van der Waals surface area contributed by atoms with Crippen LogP contribution in [0.2, 0.25) is 0 Å². The SMILES string of the molecule is COc1ccc(-c2cnoc2NS(=O)(=O)c2ccc3c(c2)CCC3)cc1. The largest absolute Gasteiger partial charge is 0.497 e. The number of fused-ring (bicyclic) bond motifs is 1. The second-order valence-electron chi connectivity index (χ2n) is 6.19. The Morgan fingerprint density at radius 1 is 1.08 bits per heavy atom. The third-order valence-corrected chi connectivity index (χ3v) is 5.91. The summed E-state index contributed by atoms with van der Waals surface area (Å²) in [6.07, 6.45) is 4.48. The van der Waals surface area contributed by atoms with Crippen molar-refractivity contribution >= 4 is 15.9 Å². The molecule has 4 rings (SSSR count). The molecule has 0 fully saturated rings. The lowest BCUT2D eigenvalue weighted by Gasteiger charge is -2.09. The van der Waals surface area contributed by atoms with E-state index in [-0.39, 0.29) is 10.8 Å². The molecule has 3 aromatic rings. The molecule has 0 radical (unpaired) electrons. The maximum Gasteiger partial charge on any atom is 0.264 e. The third kappa shape index (κ3) is 3.06. The summed E-state index contributed by atoms with van der Waals surface area (Å²) in [5.74, 6) is 0.807. The van der Waals surface area contributed by atoms with Gasteiger partial charge in [0.05, 0.1) is 23.8 Å². The van der Waals surface area contributed by atoms with Crippen LogP contribution >= 0.6 is 0 Å². The molecule has 0 bridgehead atoms. The highest BCUT2D eigenvalue weighted by Crippen LogP contribution is 2.31. The molecule has 0 atom stereocenters. The van der Waals surface area contributed by atoms with Gasteiger partial charge in [0.25, 0.3) is 10.0 Å². The Bertz CT molecular complexity index is 1040. The average Bonchev–Trinajstić information content (AvgIpc) is 3.30. The molecule has 0 saturated carbocycles. The van der Waals surface area contributed by atoms with Crippen LogP contribution < -0.4 is 9.46 Å². The van der Waals surface area contributed by atoms with E-state index in [0.29, 0.717) is 11.3 Å². The standard InChI is InChI=1S/C19H18N2O4S/c1-24-16-8-5-14(6-9-16)18-12-20-25-19(18)21-26(22,23)17-10-7-13-3-2-4-15(13)11-17/h5-12,21H,2-4H2,1H3. The number of benzene rings is 2. The smallest absolute Gasteiger partial charge is 0.264 e. The van der Waals surface area contributed by atoms with Gasteiger partial charge in [-0.25, -0.2) is 13.1 Å². The molecule has 0 saturated heterocycles. The Balaban J connectivity index is 1.64.